The molecule has 0 radical (unpaired) electrons. The topological polar surface area (TPSA) is 0 Å². The van der Waals surface area contributed by atoms with Crippen molar-refractivity contribution < 1.29 is 0 Å². The summed E-state index contributed by atoms with van der Waals surface area (Å²) >= 11 is 0. The van der Waals surface area contributed by atoms with Crippen molar-refractivity contribution in [3.05, 3.63) is 0 Å². The average Bonchev–Trinajstić information content (AvgIpc) is 2.63. The molecule has 17 heavy (non-hydrogen) atoms. The summed E-state index contributed by atoms with van der Waals surface area (Å²) in [6.07, 6.45) is 12.5. The van der Waals surface area contributed by atoms with Gasteiger partial charge in [-0.3, -0.25) is 0 Å². The number of hydrogen-bond acceptors (Lipinski definition) is 0. The summed E-state index contributed by atoms with van der Waals surface area (Å²) in [6.45, 7) is 7.96. The molecule has 0 aromatic carbocycles. The van der Waals surface area contributed by atoms with Crippen LogP contribution in [0.1, 0.15) is 51.4 Å². The van der Waals surface area contributed by atoms with Crippen molar-refractivity contribution in [2.24, 2.45) is 23.7 Å². The van der Waals surface area contributed by atoms with Crippen molar-refractivity contribution >= 4 is 8.07 Å². The lowest BCUT2D eigenvalue weighted by molar-refractivity contribution is 0.184. The predicted octanol–water partition coefficient (Wildman–Crippen LogP) is 5.32. The van der Waals surface area contributed by atoms with Gasteiger partial charge in [-0.1, -0.05) is 58.2 Å². The maximum atomic E-state index is 2.65. The molecule has 0 aliphatic heterocycles. The van der Waals surface area contributed by atoms with Gasteiger partial charge in [0.1, 0.15) is 0 Å². The van der Waals surface area contributed by atoms with Crippen molar-refractivity contribution in [2.45, 2.75) is 76.5 Å². The summed E-state index contributed by atoms with van der Waals surface area (Å²) in [5, 5.41) is 0. The molecule has 4 atom stereocenters. The van der Waals surface area contributed by atoms with Crippen molar-refractivity contribution in [1.82, 2.24) is 0 Å². The zero-order chi connectivity index (χ0) is 12.0. The van der Waals surface area contributed by atoms with Crippen LogP contribution in [0.15, 0.2) is 0 Å². The molecule has 1 heteroatoms. The van der Waals surface area contributed by atoms with Crippen molar-refractivity contribution in [1.29, 1.82) is 0 Å². The molecule has 3 fully saturated rings. The van der Waals surface area contributed by atoms with Gasteiger partial charge < -0.3 is 0 Å². The van der Waals surface area contributed by atoms with E-state index in [4.69, 9.17) is 0 Å². The third-order valence-corrected chi connectivity index (χ3v) is 9.08. The molecule has 0 amide bonds. The minimum absolute atomic E-state index is 0.941. The molecule has 0 unspecified atom stereocenters. The van der Waals surface area contributed by atoms with Gasteiger partial charge in [-0.25, -0.2) is 0 Å². The second kappa shape index (κ2) is 4.40. The Labute approximate surface area is 109 Å². The summed E-state index contributed by atoms with van der Waals surface area (Å²) in [5.74, 6) is 4.63. The van der Waals surface area contributed by atoms with Crippen LogP contribution in [0, 0.1) is 23.7 Å². The zero-order valence-electron chi connectivity index (χ0n) is 12.0. The maximum Gasteiger partial charge on any atom is 0.0479 e. The van der Waals surface area contributed by atoms with Crippen LogP contribution >= 0.6 is 0 Å². The van der Waals surface area contributed by atoms with Crippen LogP contribution in [-0.2, 0) is 0 Å². The van der Waals surface area contributed by atoms with Crippen LogP contribution in [0.5, 0.6) is 0 Å². The van der Waals surface area contributed by atoms with Gasteiger partial charge in [0.25, 0.3) is 0 Å². The van der Waals surface area contributed by atoms with Crippen LogP contribution < -0.4 is 0 Å². The van der Waals surface area contributed by atoms with E-state index >= 15 is 0 Å². The van der Waals surface area contributed by atoms with Gasteiger partial charge in [0, 0.05) is 8.07 Å². The summed E-state index contributed by atoms with van der Waals surface area (Å²) in [7, 11) is -0.941. The van der Waals surface area contributed by atoms with Crippen molar-refractivity contribution in [3.8, 4) is 0 Å². The largest absolute Gasteiger partial charge is 0.0693 e. The Bertz CT molecular complexity index is 256. The summed E-state index contributed by atoms with van der Waals surface area (Å²) in [4.78, 5) is 0. The summed E-state index contributed by atoms with van der Waals surface area (Å²) < 4.78 is 0. The fraction of sp³-hybridized carbons (Fsp3) is 1.00. The minimum Gasteiger partial charge on any atom is -0.0693 e. The van der Waals surface area contributed by atoms with Gasteiger partial charge in [0.2, 0.25) is 0 Å². The van der Waals surface area contributed by atoms with E-state index in [1.807, 2.05) is 0 Å². The Kier molecular flexibility index (Phi) is 3.17. The fourth-order valence-electron chi connectivity index (χ4n) is 5.93. The highest BCUT2D eigenvalue weighted by Crippen LogP contribution is 2.62. The molecule has 98 valence electrons. The molecule has 0 bridgehead atoms. The Morgan fingerprint density at radius 1 is 0.588 bits per heavy atom. The molecule has 0 nitrogen and oxygen atoms in total. The van der Waals surface area contributed by atoms with Crippen LogP contribution in [0.3, 0.4) is 0 Å². The first-order valence-corrected chi connectivity index (χ1v) is 11.7. The van der Waals surface area contributed by atoms with E-state index in [0.29, 0.717) is 0 Å². The van der Waals surface area contributed by atoms with Gasteiger partial charge in [0.15, 0.2) is 0 Å². The minimum atomic E-state index is -0.941. The van der Waals surface area contributed by atoms with Crippen LogP contribution in [-0.4, -0.2) is 8.07 Å². The molecule has 0 spiro atoms. The quantitative estimate of drug-likeness (QED) is 0.552. The molecule has 0 aromatic rings. The predicted molar refractivity (Wildman–Crippen MR) is 78.0 cm³/mol. The van der Waals surface area contributed by atoms with E-state index in [9.17, 15) is 0 Å². The molecular formula is C16H30Si. The van der Waals surface area contributed by atoms with Gasteiger partial charge in [-0.05, 0) is 42.1 Å². The van der Waals surface area contributed by atoms with Gasteiger partial charge in [-0.2, -0.15) is 0 Å². The first-order chi connectivity index (χ1) is 8.09. The normalized spacial score (nSPS) is 46.4. The van der Waals surface area contributed by atoms with E-state index in [0.717, 1.165) is 23.7 Å². The van der Waals surface area contributed by atoms with Crippen LogP contribution in [0.2, 0.25) is 25.2 Å². The van der Waals surface area contributed by atoms with E-state index in [1.54, 1.807) is 51.4 Å². The Balaban J connectivity index is 1.90. The van der Waals surface area contributed by atoms with Crippen LogP contribution in [0.4, 0.5) is 0 Å². The molecular weight excluding hydrogens is 220 g/mol. The van der Waals surface area contributed by atoms with Crippen molar-refractivity contribution in [3.63, 3.8) is 0 Å². The molecule has 3 saturated carbocycles. The molecule has 3 rings (SSSR count). The third kappa shape index (κ3) is 2.03. The first-order valence-electron chi connectivity index (χ1n) is 8.09. The highest BCUT2D eigenvalue weighted by molar-refractivity contribution is 6.77. The smallest absolute Gasteiger partial charge is 0.0479 e. The standard InChI is InChI=1S/C16H30Si/c1-17(2,3)16-14-10-6-4-8-12(14)13-9-5-7-11-15(13)16/h12-16H,4-11H2,1-3H3/t12-,13-,14-,15-/m1/s1. The lowest BCUT2D eigenvalue weighted by Gasteiger charge is -2.38. The highest BCUT2D eigenvalue weighted by atomic mass is 28.3. The number of hydrogen-bond donors (Lipinski definition) is 0. The summed E-state index contributed by atoms with van der Waals surface area (Å²) in [5.41, 5.74) is 1.18. The number of fused-ring (bicyclic) bond motifs is 3. The Morgan fingerprint density at radius 2 is 0.941 bits per heavy atom. The van der Waals surface area contributed by atoms with Gasteiger partial charge >= 0.3 is 0 Å². The van der Waals surface area contributed by atoms with Crippen LogP contribution in [0.25, 0.3) is 0 Å². The maximum absolute atomic E-state index is 2.65. The molecule has 3 aliphatic carbocycles. The zero-order valence-corrected chi connectivity index (χ0v) is 13.0. The second-order valence-electron chi connectivity index (χ2n) is 8.12. The molecule has 0 heterocycles. The molecule has 0 aromatic heterocycles. The average molecular weight is 251 g/mol. The third-order valence-electron chi connectivity index (χ3n) is 6.22. The van der Waals surface area contributed by atoms with Crippen molar-refractivity contribution in [2.75, 3.05) is 0 Å². The molecule has 0 saturated heterocycles. The van der Waals surface area contributed by atoms with E-state index in [2.05, 4.69) is 19.6 Å². The molecule has 3 aliphatic rings. The second-order valence-corrected chi connectivity index (χ2v) is 13.5. The lowest BCUT2D eigenvalue weighted by atomic mass is 9.73. The van der Waals surface area contributed by atoms with E-state index in [1.165, 1.54) is 5.54 Å². The lowest BCUT2D eigenvalue weighted by Crippen LogP contribution is -2.36. The SMILES string of the molecule is C[Si](C)(C)C1[C@@H]2CCCC[C@@H]2[C@H]2CCCC[C@@H]12. The van der Waals surface area contributed by atoms with Gasteiger partial charge in [-0.15, -0.1) is 0 Å². The monoisotopic (exact) mass is 250 g/mol. The summed E-state index contributed by atoms with van der Waals surface area (Å²) in [6, 6.07) is 0. The number of rotatable bonds is 1. The highest BCUT2D eigenvalue weighted by Gasteiger charge is 2.54. The Morgan fingerprint density at radius 3 is 1.29 bits per heavy atom. The molecule has 0 N–H and O–H groups in total. The Hall–Kier alpha value is 0.217. The van der Waals surface area contributed by atoms with E-state index in [-0.39, 0.29) is 0 Å². The fourth-order valence-corrected chi connectivity index (χ4v) is 9.33. The first kappa shape index (κ1) is 12.3. The van der Waals surface area contributed by atoms with Gasteiger partial charge in [0.05, 0.1) is 0 Å². The van der Waals surface area contributed by atoms with E-state index < -0.39 is 8.07 Å².